The lowest BCUT2D eigenvalue weighted by Crippen LogP contribution is -2.42. The first kappa shape index (κ1) is 24.9. The van der Waals surface area contributed by atoms with Crippen LogP contribution in [-0.4, -0.2) is 63.8 Å². The molecule has 0 radical (unpaired) electrons. The van der Waals surface area contributed by atoms with E-state index in [9.17, 15) is 14.4 Å². The van der Waals surface area contributed by atoms with E-state index in [1.54, 1.807) is 27.7 Å². The van der Waals surface area contributed by atoms with Crippen molar-refractivity contribution >= 4 is 17.9 Å². The van der Waals surface area contributed by atoms with Gasteiger partial charge < -0.3 is 18.7 Å². The second-order valence-electron chi connectivity index (χ2n) is 8.91. The van der Waals surface area contributed by atoms with Crippen molar-refractivity contribution in [2.75, 3.05) is 41.4 Å². The molecule has 7 nitrogen and oxygen atoms in total. The lowest BCUT2D eigenvalue weighted by atomic mass is 9.70. The van der Waals surface area contributed by atoms with Gasteiger partial charge in [-0.15, -0.1) is 0 Å². The van der Waals surface area contributed by atoms with Gasteiger partial charge in [0.25, 0.3) is 0 Å². The number of rotatable bonds is 10. The van der Waals surface area contributed by atoms with E-state index in [0.717, 1.165) is 0 Å². The van der Waals surface area contributed by atoms with Gasteiger partial charge in [0.15, 0.2) is 0 Å². The lowest BCUT2D eigenvalue weighted by molar-refractivity contribution is -0.870. The van der Waals surface area contributed by atoms with Gasteiger partial charge in [0.1, 0.15) is 19.3 Å². The Kier molecular flexibility index (Phi) is 9.00. The fraction of sp³-hybridized carbons (Fsp3) is 0.750. The number of carbonyl (C=O) groups is 3. The summed E-state index contributed by atoms with van der Waals surface area (Å²) in [5, 5.41) is 0. The van der Waals surface area contributed by atoms with Crippen molar-refractivity contribution in [2.24, 2.45) is 16.7 Å². The van der Waals surface area contributed by atoms with E-state index in [0.29, 0.717) is 11.0 Å². The molecule has 0 fully saturated rings. The fourth-order valence-electron chi connectivity index (χ4n) is 3.05. The third-order valence-electron chi connectivity index (χ3n) is 4.38. The van der Waals surface area contributed by atoms with Gasteiger partial charge in [0.2, 0.25) is 0 Å². The van der Waals surface area contributed by atoms with E-state index in [2.05, 4.69) is 4.74 Å². The molecule has 0 heterocycles. The maximum Gasteiger partial charge on any atom is 0.322 e. The van der Waals surface area contributed by atoms with Crippen LogP contribution in [0.1, 0.15) is 40.5 Å². The Morgan fingerprint density at radius 3 is 2.11 bits per heavy atom. The average molecular weight is 384 g/mol. The van der Waals surface area contributed by atoms with Gasteiger partial charge in [0, 0.05) is 0 Å². The second-order valence-corrected chi connectivity index (χ2v) is 8.91. The van der Waals surface area contributed by atoms with Crippen LogP contribution in [0.25, 0.3) is 0 Å². The predicted octanol–water partition coefficient (Wildman–Crippen LogP) is 1.99. The third kappa shape index (κ3) is 8.44. The number of carbonyl (C=O) groups excluding carboxylic acids is 3. The molecule has 0 aromatic rings. The van der Waals surface area contributed by atoms with Gasteiger partial charge >= 0.3 is 17.9 Å². The SMILES string of the molecule is C#COC(=O)C(C)CC(C)(CC(C)(C)C(=O)OCC[N+](C)(C)C)C(=O)OC. The highest BCUT2D eigenvalue weighted by molar-refractivity contribution is 5.81. The molecule has 0 spiro atoms. The molecule has 2 atom stereocenters. The Morgan fingerprint density at radius 1 is 1.11 bits per heavy atom. The molecule has 0 rings (SSSR count). The van der Waals surface area contributed by atoms with Crippen molar-refractivity contribution in [1.82, 2.24) is 0 Å². The van der Waals surface area contributed by atoms with Crippen molar-refractivity contribution in [2.45, 2.75) is 40.5 Å². The summed E-state index contributed by atoms with van der Waals surface area (Å²) in [6, 6.07) is 0. The first-order valence-electron chi connectivity index (χ1n) is 8.91. The molecule has 27 heavy (non-hydrogen) atoms. The first-order chi connectivity index (χ1) is 12.2. The highest BCUT2D eigenvalue weighted by Crippen LogP contribution is 2.40. The van der Waals surface area contributed by atoms with Crippen molar-refractivity contribution in [3.63, 3.8) is 0 Å². The molecule has 0 saturated carbocycles. The Morgan fingerprint density at radius 2 is 1.67 bits per heavy atom. The zero-order valence-electron chi connectivity index (χ0n) is 17.9. The molecule has 0 aromatic carbocycles. The number of hydrogen-bond acceptors (Lipinski definition) is 6. The van der Waals surface area contributed by atoms with E-state index in [1.807, 2.05) is 27.2 Å². The minimum atomic E-state index is -1.08. The van der Waals surface area contributed by atoms with Crippen LogP contribution in [0.15, 0.2) is 0 Å². The number of esters is 3. The van der Waals surface area contributed by atoms with Crippen LogP contribution in [-0.2, 0) is 28.6 Å². The predicted molar refractivity (Wildman–Crippen MR) is 101 cm³/mol. The van der Waals surface area contributed by atoms with Gasteiger partial charge in [-0.25, -0.2) is 0 Å². The topological polar surface area (TPSA) is 78.9 Å². The minimum absolute atomic E-state index is 0.135. The number of hydrogen-bond donors (Lipinski definition) is 0. The summed E-state index contributed by atoms with van der Waals surface area (Å²) in [4.78, 5) is 36.8. The monoisotopic (exact) mass is 384 g/mol. The maximum atomic E-state index is 12.6. The second kappa shape index (κ2) is 9.75. The highest BCUT2D eigenvalue weighted by atomic mass is 16.5. The summed E-state index contributed by atoms with van der Waals surface area (Å²) in [6.07, 6.45) is 7.12. The molecule has 154 valence electrons. The molecule has 0 bridgehead atoms. The number of methoxy groups -OCH3 is 1. The standard InChI is InChI=1S/C20H34NO6/c1-10-26-16(22)15(2)13-20(5,18(24)25-9)14-19(3,4)17(23)27-12-11-21(6,7)8/h1,15H,11-14H2,2-9H3/q+1. The molecule has 7 heteroatoms. The van der Waals surface area contributed by atoms with Gasteiger partial charge in [0.05, 0.1) is 45.0 Å². The molecule has 0 amide bonds. The molecular formula is C20H34NO6+. The Balaban J connectivity index is 5.25. The molecule has 0 aliphatic carbocycles. The van der Waals surface area contributed by atoms with Gasteiger partial charge in [-0.3, -0.25) is 14.4 Å². The van der Waals surface area contributed by atoms with Gasteiger partial charge in [-0.1, -0.05) is 13.3 Å². The highest BCUT2D eigenvalue weighted by Gasteiger charge is 2.45. The van der Waals surface area contributed by atoms with Crippen LogP contribution in [0.3, 0.4) is 0 Å². The van der Waals surface area contributed by atoms with Crippen LogP contribution in [0.5, 0.6) is 0 Å². The molecular weight excluding hydrogens is 350 g/mol. The average Bonchev–Trinajstić information content (AvgIpc) is 2.52. The summed E-state index contributed by atoms with van der Waals surface area (Å²) < 4.78 is 15.6. The van der Waals surface area contributed by atoms with Crippen molar-refractivity contribution in [1.29, 1.82) is 0 Å². The molecule has 2 unspecified atom stereocenters. The van der Waals surface area contributed by atoms with Gasteiger partial charge in [-0.05, 0) is 33.6 Å². The lowest BCUT2D eigenvalue weighted by Gasteiger charge is -2.35. The van der Waals surface area contributed by atoms with E-state index in [1.165, 1.54) is 7.11 Å². The van der Waals surface area contributed by atoms with E-state index < -0.39 is 34.7 Å². The number of ether oxygens (including phenoxy) is 3. The normalized spacial score (nSPS) is 15.1. The largest absolute Gasteiger partial charge is 0.469 e. The molecule has 0 aliphatic heterocycles. The third-order valence-corrected chi connectivity index (χ3v) is 4.38. The maximum absolute atomic E-state index is 12.6. The van der Waals surface area contributed by atoms with Crippen LogP contribution in [0.2, 0.25) is 0 Å². The minimum Gasteiger partial charge on any atom is -0.469 e. The quantitative estimate of drug-likeness (QED) is 0.248. The zero-order chi connectivity index (χ0) is 21.5. The molecule has 0 saturated heterocycles. The van der Waals surface area contributed by atoms with E-state index in [-0.39, 0.29) is 19.4 Å². The van der Waals surface area contributed by atoms with E-state index in [4.69, 9.17) is 15.9 Å². The summed E-state index contributed by atoms with van der Waals surface area (Å²) >= 11 is 0. The van der Waals surface area contributed by atoms with Crippen LogP contribution in [0.4, 0.5) is 0 Å². The van der Waals surface area contributed by atoms with Crippen LogP contribution >= 0.6 is 0 Å². The Labute approximate surface area is 162 Å². The number of likely N-dealkylation sites (N-methyl/N-ethyl adjacent to an activating group) is 1. The number of terminal acetylenes is 1. The van der Waals surface area contributed by atoms with Crippen molar-refractivity contribution in [3.8, 4) is 12.5 Å². The number of nitrogens with zero attached hydrogens (tertiary/aromatic N) is 1. The molecule has 0 N–H and O–H groups in total. The summed E-state index contributed by atoms with van der Waals surface area (Å²) in [6.45, 7) is 7.67. The zero-order valence-corrected chi connectivity index (χ0v) is 17.9. The first-order valence-corrected chi connectivity index (χ1v) is 8.91. The Bertz CT molecular complexity index is 584. The summed E-state index contributed by atoms with van der Waals surface area (Å²) in [5.41, 5.74) is -2.02. The molecule has 0 aliphatic rings. The van der Waals surface area contributed by atoms with Crippen molar-refractivity contribution in [3.05, 3.63) is 0 Å². The van der Waals surface area contributed by atoms with Crippen molar-refractivity contribution < 1.29 is 33.1 Å². The Hall–Kier alpha value is -2.07. The summed E-state index contributed by atoms with van der Waals surface area (Å²) in [5.74, 6) is -2.13. The fourth-order valence-corrected chi connectivity index (χ4v) is 3.05. The number of quaternary nitrogens is 1. The van der Waals surface area contributed by atoms with Gasteiger partial charge in [-0.2, -0.15) is 0 Å². The summed E-state index contributed by atoms with van der Waals surface area (Å²) in [7, 11) is 7.29. The van der Waals surface area contributed by atoms with Crippen LogP contribution in [0, 0.1) is 29.3 Å². The van der Waals surface area contributed by atoms with Crippen LogP contribution < -0.4 is 0 Å². The molecule has 0 aromatic heterocycles. The smallest absolute Gasteiger partial charge is 0.322 e. The van der Waals surface area contributed by atoms with E-state index >= 15 is 0 Å².